The van der Waals surface area contributed by atoms with Crippen LogP contribution in [-0.2, 0) is 14.8 Å². The molecule has 1 aromatic rings. The number of ether oxygens (including phenoxy) is 1. The molecule has 0 aliphatic rings. The molecule has 0 heterocycles. The third kappa shape index (κ3) is 7.44. The highest BCUT2D eigenvalue weighted by Gasteiger charge is 2.37. The van der Waals surface area contributed by atoms with Crippen LogP contribution in [0.3, 0.4) is 0 Å². The zero-order valence-electron chi connectivity index (χ0n) is 16.5. The molecule has 0 radical (unpaired) electrons. The first-order valence-electron chi connectivity index (χ1n) is 8.68. The van der Waals surface area contributed by atoms with E-state index in [4.69, 9.17) is 4.74 Å². The molecule has 0 aliphatic carbocycles. The fraction of sp³-hybridized carbons (Fsp3) is 0.684. The van der Waals surface area contributed by atoms with E-state index in [0.29, 0.717) is 6.42 Å². The average Bonchev–Trinajstić information content (AvgIpc) is 2.43. The van der Waals surface area contributed by atoms with Crippen LogP contribution < -0.4 is 4.72 Å². The quantitative estimate of drug-likeness (QED) is 0.735. The monoisotopic (exact) mass is 371 g/mol. The predicted molar refractivity (Wildman–Crippen MR) is 101 cm³/mol. The van der Waals surface area contributed by atoms with E-state index >= 15 is 0 Å². The second kappa shape index (κ2) is 8.16. The van der Waals surface area contributed by atoms with Crippen LogP contribution in [0.25, 0.3) is 0 Å². The molecule has 2 N–H and O–H groups in total. The van der Waals surface area contributed by atoms with Crippen LogP contribution in [0.2, 0.25) is 0 Å². The van der Waals surface area contributed by atoms with E-state index < -0.39 is 27.3 Å². The van der Waals surface area contributed by atoms with Gasteiger partial charge in [-0.3, -0.25) is 0 Å². The normalized spacial score (nSPS) is 16.7. The van der Waals surface area contributed by atoms with Gasteiger partial charge in [-0.25, -0.2) is 13.1 Å². The van der Waals surface area contributed by atoms with Crippen molar-refractivity contribution >= 4 is 10.0 Å². The van der Waals surface area contributed by atoms with E-state index in [1.807, 2.05) is 41.5 Å². The standard InChI is InChI=1S/C19H33NO4S/c1-14(2)12-17(19(7,21)13-24-18(4,5)6)20-25(22,23)16-10-8-15(3)9-11-16/h8-11,14,17,20-21H,12-13H2,1-7H3. The molecule has 0 saturated carbocycles. The Hall–Kier alpha value is -0.950. The SMILES string of the molecule is Cc1ccc(S(=O)(=O)NC(CC(C)C)C(C)(O)COC(C)(C)C)cc1. The van der Waals surface area contributed by atoms with E-state index in [9.17, 15) is 13.5 Å². The van der Waals surface area contributed by atoms with Gasteiger partial charge in [-0.15, -0.1) is 0 Å². The van der Waals surface area contributed by atoms with Gasteiger partial charge in [-0.2, -0.15) is 0 Å². The fourth-order valence-electron chi connectivity index (χ4n) is 2.34. The summed E-state index contributed by atoms with van der Waals surface area (Å²) in [5, 5.41) is 10.9. The second-order valence-corrected chi connectivity index (χ2v) is 10.1. The van der Waals surface area contributed by atoms with Gasteiger partial charge in [0.1, 0.15) is 5.60 Å². The molecular weight excluding hydrogens is 338 g/mol. The lowest BCUT2D eigenvalue weighted by molar-refractivity contribution is -0.105. The van der Waals surface area contributed by atoms with Gasteiger partial charge in [-0.05, 0) is 59.1 Å². The molecule has 1 aromatic carbocycles. The van der Waals surface area contributed by atoms with Crippen LogP contribution >= 0.6 is 0 Å². The van der Waals surface area contributed by atoms with Crippen molar-refractivity contribution in [2.75, 3.05) is 6.61 Å². The molecule has 0 spiro atoms. The largest absolute Gasteiger partial charge is 0.386 e. The van der Waals surface area contributed by atoms with Gasteiger partial charge in [0.2, 0.25) is 10.0 Å². The van der Waals surface area contributed by atoms with Crippen LogP contribution in [0.1, 0.15) is 53.5 Å². The molecular formula is C19H33NO4S. The topological polar surface area (TPSA) is 75.6 Å². The van der Waals surface area contributed by atoms with Crippen molar-refractivity contribution in [1.82, 2.24) is 4.72 Å². The number of hydrogen-bond acceptors (Lipinski definition) is 4. The maximum Gasteiger partial charge on any atom is 0.240 e. The number of sulfonamides is 1. The van der Waals surface area contributed by atoms with Crippen LogP contribution in [0.5, 0.6) is 0 Å². The van der Waals surface area contributed by atoms with Gasteiger partial charge < -0.3 is 9.84 Å². The smallest absolute Gasteiger partial charge is 0.240 e. The van der Waals surface area contributed by atoms with Crippen molar-refractivity contribution in [2.45, 2.75) is 77.0 Å². The van der Waals surface area contributed by atoms with Gasteiger partial charge in [0.25, 0.3) is 0 Å². The Bertz CT molecular complexity index is 643. The minimum Gasteiger partial charge on any atom is -0.386 e. The summed E-state index contributed by atoms with van der Waals surface area (Å²) in [5.74, 6) is 0.215. The van der Waals surface area contributed by atoms with Crippen LogP contribution in [0.15, 0.2) is 29.2 Å². The summed E-state index contributed by atoms with van der Waals surface area (Å²) in [5.41, 5.74) is -0.749. The van der Waals surface area contributed by atoms with Gasteiger partial charge >= 0.3 is 0 Å². The Balaban J connectivity index is 3.03. The minimum atomic E-state index is -3.72. The van der Waals surface area contributed by atoms with Crippen molar-refractivity contribution in [2.24, 2.45) is 5.92 Å². The van der Waals surface area contributed by atoms with E-state index in [0.717, 1.165) is 5.56 Å². The van der Waals surface area contributed by atoms with E-state index in [-0.39, 0.29) is 17.4 Å². The number of aryl methyl sites for hydroxylation is 1. The van der Waals surface area contributed by atoms with Gasteiger partial charge in [0, 0.05) is 0 Å². The van der Waals surface area contributed by atoms with Crippen molar-refractivity contribution in [1.29, 1.82) is 0 Å². The molecule has 0 fully saturated rings. The van der Waals surface area contributed by atoms with Gasteiger partial charge in [0.15, 0.2) is 0 Å². The van der Waals surface area contributed by atoms with Crippen molar-refractivity contribution in [3.05, 3.63) is 29.8 Å². The van der Waals surface area contributed by atoms with Gasteiger partial charge in [-0.1, -0.05) is 31.5 Å². The first-order chi connectivity index (χ1) is 11.2. The summed E-state index contributed by atoms with van der Waals surface area (Å²) >= 11 is 0. The van der Waals surface area contributed by atoms with Crippen molar-refractivity contribution in [3.63, 3.8) is 0 Å². The van der Waals surface area contributed by atoms with Gasteiger partial charge in [0.05, 0.1) is 23.1 Å². The van der Waals surface area contributed by atoms with E-state index in [1.165, 1.54) is 0 Å². The van der Waals surface area contributed by atoms with E-state index in [1.54, 1.807) is 31.2 Å². The minimum absolute atomic E-state index is 0.0459. The first kappa shape index (κ1) is 22.1. The highest BCUT2D eigenvalue weighted by Crippen LogP contribution is 2.23. The average molecular weight is 372 g/mol. The molecule has 25 heavy (non-hydrogen) atoms. The summed E-state index contributed by atoms with van der Waals surface area (Å²) in [6.07, 6.45) is 0.506. The zero-order chi connectivity index (χ0) is 19.5. The Kier molecular flexibility index (Phi) is 7.21. The number of rotatable bonds is 8. The summed E-state index contributed by atoms with van der Waals surface area (Å²) < 4.78 is 33.8. The Morgan fingerprint density at radius 3 is 2.08 bits per heavy atom. The third-order valence-corrected chi connectivity index (χ3v) is 5.37. The number of nitrogens with one attached hydrogen (secondary N) is 1. The molecule has 0 aromatic heterocycles. The summed E-state index contributed by atoms with van der Waals surface area (Å²) in [7, 11) is -3.72. The molecule has 5 nitrogen and oxygen atoms in total. The molecule has 0 aliphatic heterocycles. The molecule has 0 amide bonds. The van der Waals surface area contributed by atoms with Crippen LogP contribution in [0, 0.1) is 12.8 Å². The Morgan fingerprint density at radius 1 is 1.12 bits per heavy atom. The van der Waals surface area contributed by atoms with Crippen LogP contribution in [-0.4, -0.2) is 37.4 Å². The number of hydrogen-bond donors (Lipinski definition) is 2. The second-order valence-electron chi connectivity index (χ2n) is 8.37. The first-order valence-corrected chi connectivity index (χ1v) is 10.2. The maximum atomic E-state index is 12.7. The Labute approximate surface area is 152 Å². The molecule has 0 saturated heterocycles. The zero-order valence-corrected chi connectivity index (χ0v) is 17.3. The Morgan fingerprint density at radius 2 is 1.64 bits per heavy atom. The molecule has 144 valence electrons. The highest BCUT2D eigenvalue weighted by atomic mass is 32.2. The van der Waals surface area contributed by atoms with Crippen LogP contribution in [0.4, 0.5) is 0 Å². The lowest BCUT2D eigenvalue weighted by Crippen LogP contribution is -2.54. The number of benzene rings is 1. The molecule has 1 rings (SSSR count). The molecule has 6 heteroatoms. The third-order valence-electron chi connectivity index (χ3n) is 3.88. The maximum absolute atomic E-state index is 12.7. The molecule has 2 atom stereocenters. The molecule has 0 bridgehead atoms. The highest BCUT2D eigenvalue weighted by molar-refractivity contribution is 7.89. The molecule has 2 unspecified atom stereocenters. The van der Waals surface area contributed by atoms with Crippen molar-refractivity contribution in [3.8, 4) is 0 Å². The predicted octanol–water partition coefficient (Wildman–Crippen LogP) is 3.25. The van der Waals surface area contributed by atoms with E-state index in [2.05, 4.69) is 4.72 Å². The summed E-state index contributed by atoms with van der Waals surface area (Å²) in [6, 6.07) is 6.01. The lowest BCUT2D eigenvalue weighted by Gasteiger charge is -2.36. The van der Waals surface area contributed by atoms with Crippen molar-refractivity contribution < 1.29 is 18.3 Å². The summed E-state index contributed by atoms with van der Waals surface area (Å²) in [4.78, 5) is 0.194. The summed E-state index contributed by atoms with van der Waals surface area (Å²) in [6.45, 7) is 13.3. The number of aliphatic hydroxyl groups is 1. The lowest BCUT2D eigenvalue weighted by atomic mass is 9.90. The fourth-order valence-corrected chi connectivity index (χ4v) is 3.69.